The van der Waals surface area contributed by atoms with Crippen molar-refractivity contribution >= 4 is 11.8 Å². The van der Waals surface area contributed by atoms with Gasteiger partial charge in [0, 0.05) is 19.0 Å². The van der Waals surface area contributed by atoms with E-state index in [9.17, 15) is 9.59 Å². The summed E-state index contributed by atoms with van der Waals surface area (Å²) in [6, 6.07) is 14.6. The van der Waals surface area contributed by atoms with Gasteiger partial charge in [-0.2, -0.15) is 0 Å². The summed E-state index contributed by atoms with van der Waals surface area (Å²) in [6.45, 7) is 5.56. The molecule has 0 spiro atoms. The summed E-state index contributed by atoms with van der Waals surface area (Å²) in [5, 5.41) is 3.05. The second-order valence-electron chi connectivity index (χ2n) is 10.6. The normalized spacial score (nSPS) is 20.9. The van der Waals surface area contributed by atoms with Crippen LogP contribution < -0.4 is 10.1 Å². The van der Waals surface area contributed by atoms with E-state index in [1.165, 1.54) is 24.0 Å². The van der Waals surface area contributed by atoms with E-state index in [1.54, 1.807) is 0 Å². The molecule has 5 rings (SSSR count). The lowest BCUT2D eigenvalue weighted by Gasteiger charge is -2.39. The molecule has 1 aliphatic heterocycles. The molecule has 5 nitrogen and oxygen atoms in total. The summed E-state index contributed by atoms with van der Waals surface area (Å²) in [7, 11) is 0. The Bertz CT molecular complexity index is 1050. The maximum atomic E-state index is 13.6. The number of ether oxygens (including phenoxy) is 1. The van der Waals surface area contributed by atoms with Crippen LogP contribution in [0.5, 0.6) is 5.75 Å². The van der Waals surface area contributed by atoms with Crippen LogP contribution in [0.4, 0.5) is 0 Å². The number of rotatable bonds is 8. The van der Waals surface area contributed by atoms with Gasteiger partial charge >= 0.3 is 0 Å². The molecule has 2 unspecified atom stereocenters. The number of hydrogen-bond donors (Lipinski definition) is 1. The smallest absolute Gasteiger partial charge is 0.261 e. The minimum atomic E-state index is -0.510. The first kappa shape index (κ1) is 23.9. The predicted octanol–water partition coefficient (Wildman–Crippen LogP) is 5.34. The zero-order valence-corrected chi connectivity index (χ0v) is 21.1. The van der Waals surface area contributed by atoms with E-state index in [4.69, 9.17) is 4.74 Å². The summed E-state index contributed by atoms with van der Waals surface area (Å²) in [5.41, 5.74) is 4.72. The van der Waals surface area contributed by atoms with Crippen molar-refractivity contribution in [2.45, 2.75) is 77.4 Å². The zero-order valence-electron chi connectivity index (χ0n) is 21.1. The van der Waals surface area contributed by atoms with Gasteiger partial charge in [0.2, 0.25) is 5.91 Å². The topological polar surface area (TPSA) is 58.6 Å². The van der Waals surface area contributed by atoms with Crippen LogP contribution >= 0.6 is 0 Å². The monoisotopic (exact) mass is 474 g/mol. The maximum Gasteiger partial charge on any atom is 0.261 e. The third kappa shape index (κ3) is 5.39. The van der Waals surface area contributed by atoms with Gasteiger partial charge in [-0.15, -0.1) is 0 Å². The Balaban J connectivity index is 1.43. The molecule has 5 heteroatoms. The number of hydrogen-bond acceptors (Lipinski definition) is 3. The SMILES string of the molecule is CCC(Oc1ccc2c(c1)C(c1ccc(C)cc1)N(C(=O)C1CCCC1)CC2)C(=O)NCC1CC1. The number of nitrogens with one attached hydrogen (secondary N) is 1. The molecular weight excluding hydrogens is 436 g/mol. The summed E-state index contributed by atoms with van der Waals surface area (Å²) in [6.07, 6.45) is 7.66. The second-order valence-corrected chi connectivity index (χ2v) is 10.6. The summed E-state index contributed by atoms with van der Waals surface area (Å²) >= 11 is 0. The number of benzene rings is 2. The molecule has 2 aliphatic carbocycles. The zero-order chi connectivity index (χ0) is 24.4. The molecule has 0 radical (unpaired) electrons. The van der Waals surface area contributed by atoms with Crippen molar-refractivity contribution in [3.63, 3.8) is 0 Å². The van der Waals surface area contributed by atoms with Crippen molar-refractivity contribution in [3.05, 3.63) is 64.7 Å². The molecule has 3 aliphatic rings. The number of aryl methyl sites for hydroxylation is 1. The fourth-order valence-corrected chi connectivity index (χ4v) is 5.59. The van der Waals surface area contributed by atoms with Crippen LogP contribution in [0.15, 0.2) is 42.5 Å². The average Bonchev–Trinajstić information content (AvgIpc) is 3.55. The predicted molar refractivity (Wildman–Crippen MR) is 137 cm³/mol. The van der Waals surface area contributed by atoms with Gasteiger partial charge in [0.1, 0.15) is 5.75 Å². The van der Waals surface area contributed by atoms with Gasteiger partial charge < -0.3 is 15.0 Å². The van der Waals surface area contributed by atoms with Crippen LogP contribution in [0.25, 0.3) is 0 Å². The molecule has 1 N–H and O–H groups in total. The first-order chi connectivity index (χ1) is 17.0. The molecule has 2 atom stereocenters. The van der Waals surface area contributed by atoms with Gasteiger partial charge in [-0.3, -0.25) is 9.59 Å². The van der Waals surface area contributed by atoms with Gasteiger partial charge in [-0.1, -0.05) is 55.7 Å². The van der Waals surface area contributed by atoms with Crippen molar-refractivity contribution in [1.82, 2.24) is 10.2 Å². The molecule has 2 amide bonds. The second kappa shape index (κ2) is 10.4. The third-order valence-corrected chi connectivity index (χ3v) is 7.93. The van der Waals surface area contributed by atoms with Crippen LogP contribution in [0, 0.1) is 18.8 Å². The van der Waals surface area contributed by atoms with E-state index in [0.29, 0.717) is 18.1 Å². The quantitative estimate of drug-likeness (QED) is 0.562. The maximum absolute atomic E-state index is 13.6. The van der Waals surface area contributed by atoms with E-state index < -0.39 is 6.10 Å². The first-order valence-corrected chi connectivity index (χ1v) is 13.5. The molecule has 186 valence electrons. The van der Waals surface area contributed by atoms with E-state index in [0.717, 1.165) is 56.3 Å². The van der Waals surface area contributed by atoms with Crippen LogP contribution in [0.3, 0.4) is 0 Å². The molecule has 0 aromatic heterocycles. The highest BCUT2D eigenvalue weighted by Crippen LogP contribution is 2.40. The molecule has 2 saturated carbocycles. The van der Waals surface area contributed by atoms with Crippen LogP contribution in [0.2, 0.25) is 0 Å². The highest BCUT2D eigenvalue weighted by molar-refractivity contribution is 5.81. The molecule has 0 bridgehead atoms. The Morgan fingerprint density at radius 3 is 2.49 bits per heavy atom. The highest BCUT2D eigenvalue weighted by Gasteiger charge is 2.36. The minimum absolute atomic E-state index is 0.0368. The summed E-state index contributed by atoms with van der Waals surface area (Å²) in [5.74, 6) is 1.73. The number of nitrogens with zero attached hydrogens (tertiary/aromatic N) is 1. The standard InChI is InChI=1S/C30H38N2O3/c1-3-27(29(33)31-19-21-10-11-21)35-25-15-14-22-16-17-32(30(34)24-6-4-5-7-24)28(26(22)18-25)23-12-8-20(2)9-13-23/h8-9,12-15,18,21,24,27-28H,3-7,10-11,16-17,19H2,1-2H3,(H,31,33). The largest absolute Gasteiger partial charge is 0.481 e. The summed E-state index contributed by atoms with van der Waals surface area (Å²) in [4.78, 5) is 28.5. The Morgan fingerprint density at radius 1 is 1.06 bits per heavy atom. The lowest BCUT2D eigenvalue weighted by Crippen LogP contribution is -2.43. The number of amides is 2. The van der Waals surface area contributed by atoms with E-state index in [1.807, 2.05) is 13.0 Å². The minimum Gasteiger partial charge on any atom is -0.481 e. The van der Waals surface area contributed by atoms with Crippen molar-refractivity contribution < 1.29 is 14.3 Å². The van der Waals surface area contributed by atoms with Crippen LogP contribution in [-0.4, -0.2) is 35.9 Å². The molecule has 2 aromatic rings. The van der Waals surface area contributed by atoms with Crippen molar-refractivity contribution in [3.8, 4) is 5.75 Å². The van der Waals surface area contributed by atoms with E-state index in [-0.39, 0.29) is 23.8 Å². The van der Waals surface area contributed by atoms with E-state index in [2.05, 4.69) is 53.5 Å². The van der Waals surface area contributed by atoms with Crippen molar-refractivity contribution in [1.29, 1.82) is 0 Å². The molecular formula is C30H38N2O3. The molecule has 35 heavy (non-hydrogen) atoms. The van der Waals surface area contributed by atoms with Gasteiger partial charge in [-0.25, -0.2) is 0 Å². The van der Waals surface area contributed by atoms with Crippen molar-refractivity contribution in [2.24, 2.45) is 11.8 Å². The molecule has 2 fully saturated rings. The highest BCUT2D eigenvalue weighted by atomic mass is 16.5. The summed E-state index contributed by atoms with van der Waals surface area (Å²) < 4.78 is 6.23. The van der Waals surface area contributed by atoms with Gasteiger partial charge in [0.25, 0.3) is 5.91 Å². The number of fused-ring (bicyclic) bond motifs is 1. The molecule has 0 saturated heterocycles. The lowest BCUT2D eigenvalue weighted by atomic mass is 9.86. The van der Waals surface area contributed by atoms with Gasteiger partial charge in [0.05, 0.1) is 6.04 Å². The molecule has 1 heterocycles. The van der Waals surface area contributed by atoms with Gasteiger partial charge in [0.15, 0.2) is 6.10 Å². The first-order valence-electron chi connectivity index (χ1n) is 13.5. The lowest BCUT2D eigenvalue weighted by molar-refractivity contribution is -0.137. The van der Waals surface area contributed by atoms with E-state index >= 15 is 0 Å². The number of carbonyl (C=O) groups is 2. The third-order valence-electron chi connectivity index (χ3n) is 7.93. The Kier molecular flexibility index (Phi) is 7.12. The van der Waals surface area contributed by atoms with Crippen molar-refractivity contribution in [2.75, 3.05) is 13.1 Å². The molecule has 2 aromatic carbocycles. The average molecular weight is 475 g/mol. The van der Waals surface area contributed by atoms with Crippen LogP contribution in [0.1, 0.15) is 80.2 Å². The number of carbonyl (C=O) groups excluding carboxylic acids is 2. The Hall–Kier alpha value is -2.82. The van der Waals surface area contributed by atoms with Crippen LogP contribution in [-0.2, 0) is 16.0 Å². The van der Waals surface area contributed by atoms with Gasteiger partial charge in [-0.05, 0) is 80.2 Å². The Morgan fingerprint density at radius 2 is 1.80 bits per heavy atom. The fourth-order valence-electron chi connectivity index (χ4n) is 5.59. The fraction of sp³-hybridized carbons (Fsp3) is 0.533. The Labute approximate surface area is 209 Å².